The molecule has 3 amide bonds. The van der Waals surface area contributed by atoms with E-state index >= 15 is 0 Å². The van der Waals surface area contributed by atoms with E-state index in [2.05, 4.69) is 15.5 Å². The number of benzene rings is 1. The van der Waals surface area contributed by atoms with Crippen molar-refractivity contribution in [3.8, 4) is 0 Å². The van der Waals surface area contributed by atoms with Gasteiger partial charge in [0.25, 0.3) is 0 Å². The number of amides is 3. The largest absolute Gasteiger partial charge is 0.394 e. The number of carbonyl (C=O) groups excluding carboxylic acids is 3. The number of aliphatic hydroxyl groups excluding tert-OH is 1. The summed E-state index contributed by atoms with van der Waals surface area (Å²) in [7, 11) is 0. The minimum Gasteiger partial charge on any atom is -0.394 e. The third kappa shape index (κ3) is 4.95. The predicted octanol–water partition coefficient (Wildman–Crippen LogP) is -0.0608. The lowest BCUT2D eigenvalue weighted by Gasteiger charge is -2.37. The third-order valence-electron chi connectivity index (χ3n) is 8.59. The van der Waals surface area contributed by atoms with Gasteiger partial charge in [0.1, 0.15) is 11.6 Å². The molecule has 4 fully saturated rings. The Morgan fingerprint density at radius 1 is 1.13 bits per heavy atom. The molecule has 5 rings (SSSR count). The van der Waals surface area contributed by atoms with Crippen LogP contribution in [0.4, 0.5) is 0 Å². The van der Waals surface area contributed by atoms with E-state index in [1.165, 1.54) is 0 Å². The molecule has 4 saturated heterocycles. The van der Waals surface area contributed by atoms with Gasteiger partial charge < -0.3 is 30.1 Å². The number of morpholine rings is 1. The van der Waals surface area contributed by atoms with Crippen LogP contribution in [0.2, 0.25) is 0 Å². The smallest absolute Gasteiger partial charge is 0.245 e. The number of aliphatic hydroxyl groups is 1. The molecule has 0 aliphatic carbocycles. The number of likely N-dealkylation sites (tertiary alicyclic amines) is 1. The molecule has 1 aromatic rings. The maximum absolute atomic E-state index is 14.1. The lowest BCUT2D eigenvalue weighted by atomic mass is 9.70. The summed E-state index contributed by atoms with van der Waals surface area (Å²) in [5.41, 5.74) is -0.105. The number of hydrogen-bond acceptors (Lipinski definition) is 7. The molecule has 0 saturated carbocycles. The summed E-state index contributed by atoms with van der Waals surface area (Å²) < 4.78 is 11.9. The molecule has 38 heavy (non-hydrogen) atoms. The zero-order valence-electron chi connectivity index (χ0n) is 22.1. The lowest BCUT2D eigenvalue weighted by molar-refractivity contribution is -0.145. The monoisotopic (exact) mass is 528 g/mol. The van der Waals surface area contributed by atoms with Crippen LogP contribution in [-0.2, 0) is 30.3 Å². The van der Waals surface area contributed by atoms with E-state index in [0.29, 0.717) is 52.1 Å². The van der Waals surface area contributed by atoms with Crippen molar-refractivity contribution in [1.29, 1.82) is 0 Å². The lowest BCUT2D eigenvalue weighted by Crippen LogP contribution is -2.59. The van der Waals surface area contributed by atoms with E-state index in [4.69, 9.17) is 9.47 Å². The number of nitrogens with one attached hydrogen (secondary N) is 2. The van der Waals surface area contributed by atoms with Gasteiger partial charge in [-0.05, 0) is 31.2 Å². The highest BCUT2D eigenvalue weighted by Gasteiger charge is 2.75. The predicted molar refractivity (Wildman–Crippen MR) is 139 cm³/mol. The van der Waals surface area contributed by atoms with Crippen molar-refractivity contribution in [2.45, 2.75) is 56.4 Å². The van der Waals surface area contributed by atoms with Crippen LogP contribution in [0.3, 0.4) is 0 Å². The molecule has 4 aliphatic heterocycles. The maximum atomic E-state index is 14.1. The van der Waals surface area contributed by atoms with Crippen LogP contribution in [0.1, 0.15) is 31.7 Å². The molecule has 10 nitrogen and oxygen atoms in total. The Morgan fingerprint density at radius 3 is 2.58 bits per heavy atom. The maximum Gasteiger partial charge on any atom is 0.245 e. The molecule has 2 unspecified atom stereocenters. The summed E-state index contributed by atoms with van der Waals surface area (Å²) in [6.45, 7) is 6.33. The van der Waals surface area contributed by atoms with Crippen LogP contribution in [0.25, 0.3) is 0 Å². The van der Waals surface area contributed by atoms with Crippen molar-refractivity contribution in [3.05, 3.63) is 35.9 Å². The van der Waals surface area contributed by atoms with Crippen molar-refractivity contribution in [2.75, 3.05) is 52.5 Å². The quantitative estimate of drug-likeness (QED) is 0.368. The minimum atomic E-state index is -1.07. The van der Waals surface area contributed by atoms with Crippen molar-refractivity contribution in [3.63, 3.8) is 0 Å². The van der Waals surface area contributed by atoms with Crippen molar-refractivity contribution < 1.29 is 29.0 Å². The normalized spacial score (nSPS) is 31.3. The third-order valence-corrected chi connectivity index (χ3v) is 8.59. The van der Waals surface area contributed by atoms with Crippen molar-refractivity contribution in [2.24, 2.45) is 11.8 Å². The van der Waals surface area contributed by atoms with E-state index in [1.54, 1.807) is 4.90 Å². The number of fused-ring (bicyclic) bond motifs is 1. The second kappa shape index (κ2) is 11.7. The zero-order chi connectivity index (χ0) is 26.7. The van der Waals surface area contributed by atoms with Crippen LogP contribution >= 0.6 is 0 Å². The van der Waals surface area contributed by atoms with Gasteiger partial charge in [-0.25, -0.2) is 0 Å². The van der Waals surface area contributed by atoms with Gasteiger partial charge in [-0.3, -0.25) is 19.3 Å². The molecule has 3 N–H and O–H groups in total. The van der Waals surface area contributed by atoms with Crippen LogP contribution in [0.5, 0.6) is 0 Å². The summed E-state index contributed by atoms with van der Waals surface area (Å²) in [6, 6.07) is 8.13. The van der Waals surface area contributed by atoms with E-state index in [-0.39, 0.29) is 30.4 Å². The first-order valence-electron chi connectivity index (χ1n) is 14.0. The molecule has 6 atom stereocenters. The fraction of sp³-hybridized carbons (Fsp3) is 0.679. The zero-order valence-corrected chi connectivity index (χ0v) is 22.1. The number of nitrogens with zero attached hydrogens (tertiary/aromatic N) is 2. The van der Waals surface area contributed by atoms with Crippen molar-refractivity contribution in [1.82, 2.24) is 20.4 Å². The summed E-state index contributed by atoms with van der Waals surface area (Å²) in [4.78, 5) is 45.0. The summed E-state index contributed by atoms with van der Waals surface area (Å²) in [6.07, 6.45) is 1.97. The highest BCUT2D eigenvalue weighted by Crippen LogP contribution is 2.58. The molecule has 0 radical (unpaired) electrons. The van der Waals surface area contributed by atoms with E-state index in [9.17, 15) is 19.5 Å². The van der Waals surface area contributed by atoms with Gasteiger partial charge in [-0.1, -0.05) is 37.3 Å². The molecule has 10 heteroatoms. The Balaban J connectivity index is 1.41. The van der Waals surface area contributed by atoms with Crippen LogP contribution in [0.15, 0.2) is 30.3 Å². The minimum absolute atomic E-state index is 0.186. The van der Waals surface area contributed by atoms with Crippen LogP contribution in [-0.4, -0.2) is 109 Å². The Morgan fingerprint density at radius 2 is 1.87 bits per heavy atom. The molecule has 1 aromatic carbocycles. The van der Waals surface area contributed by atoms with Crippen LogP contribution in [0, 0.1) is 11.8 Å². The first-order valence-corrected chi connectivity index (χ1v) is 14.0. The molecule has 2 bridgehead atoms. The SMILES string of the molecule is CCCNC(=O)[C@@H]1[C@@H]2CCC3(O2)C(C(=O)NCCN2CCOCC2)N([C@@H](CO)Cc2ccccc2)C(=O)[C@H]13. The summed E-state index contributed by atoms with van der Waals surface area (Å²) >= 11 is 0. The standard InChI is InChI=1S/C28H40N4O6/c1-2-10-29-25(34)22-21-8-9-28(38-21)23(22)27(36)32(20(18-33)17-19-6-4-3-5-7-19)24(28)26(35)30-11-12-31-13-15-37-16-14-31/h3-7,20-24,33H,2,8-18H2,1H3,(H,29,34)(H,30,35)/t20-,21+,22-,23+,24?,28?/m1/s1. The Labute approximate surface area is 224 Å². The molecule has 208 valence electrons. The second-order valence-electron chi connectivity index (χ2n) is 10.9. The Hall–Kier alpha value is -2.53. The van der Waals surface area contributed by atoms with Gasteiger partial charge in [0.15, 0.2) is 0 Å². The molecule has 4 aliphatic rings. The number of hydrogen-bond donors (Lipinski definition) is 3. The highest BCUT2D eigenvalue weighted by atomic mass is 16.5. The molecule has 1 spiro atoms. The first kappa shape index (κ1) is 27.1. The number of carbonyl (C=O) groups is 3. The van der Waals surface area contributed by atoms with E-state index < -0.39 is 29.5 Å². The molecule has 0 aromatic heterocycles. The van der Waals surface area contributed by atoms with Gasteiger partial charge in [0, 0.05) is 32.7 Å². The molecule has 4 heterocycles. The van der Waals surface area contributed by atoms with E-state index in [1.807, 2.05) is 37.3 Å². The average molecular weight is 529 g/mol. The Kier molecular flexibility index (Phi) is 8.32. The average Bonchev–Trinajstić information content (AvgIpc) is 3.59. The van der Waals surface area contributed by atoms with Gasteiger partial charge in [-0.2, -0.15) is 0 Å². The van der Waals surface area contributed by atoms with Crippen LogP contribution < -0.4 is 10.6 Å². The highest BCUT2D eigenvalue weighted by molar-refractivity contribution is 5.99. The Bertz CT molecular complexity index is 1000. The summed E-state index contributed by atoms with van der Waals surface area (Å²) in [5.74, 6) is -2.11. The number of ether oxygens (including phenoxy) is 2. The topological polar surface area (TPSA) is 120 Å². The second-order valence-corrected chi connectivity index (χ2v) is 10.9. The van der Waals surface area contributed by atoms with Gasteiger partial charge in [-0.15, -0.1) is 0 Å². The fourth-order valence-electron chi connectivity index (χ4n) is 6.85. The van der Waals surface area contributed by atoms with Gasteiger partial charge in [0.05, 0.1) is 43.8 Å². The fourth-order valence-corrected chi connectivity index (χ4v) is 6.85. The first-order chi connectivity index (χ1) is 18.5. The van der Waals surface area contributed by atoms with Gasteiger partial charge in [0.2, 0.25) is 17.7 Å². The van der Waals surface area contributed by atoms with Crippen molar-refractivity contribution >= 4 is 17.7 Å². The van der Waals surface area contributed by atoms with Gasteiger partial charge >= 0.3 is 0 Å². The van der Waals surface area contributed by atoms with E-state index in [0.717, 1.165) is 25.1 Å². The number of rotatable bonds is 11. The molecular formula is C28H40N4O6. The summed E-state index contributed by atoms with van der Waals surface area (Å²) in [5, 5.41) is 16.5. The molecular weight excluding hydrogens is 488 g/mol.